The summed E-state index contributed by atoms with van der Waals surface area (Å²) >= 11 is 0. The minimum atomic E-state index is -1.08. The van der Waals surface area contributed by atoms with E-state index < -0.39 is 23.1 Å². The van der Waals surface area contributed by atoms with Gasteiger partial charge in [-0.3, -0.25) is 9.36 Å². The smallest absolute Gasteiger partial charge is 0.224 e. The maximum absolute atomic E-state index is 14.3. The minimum absolute atomic E-state index is 0.0924. The van der Waals surface area contributed by atoms with Gasteiger partial charge in [0, 0.05) is 30.1 Å². The number of aromatic nitrogens is 4. The molecule has 0 saturated heterocycles. The van der Waals surface area contributed by atoms with Gasteiger partial charge in [0.15, 0.2) is 17.3 Å². The fourth-order valence-corrected chi connectivity index (χ4v) is 4.04. The molecule has 0 radical (unpaired) electrons. The summed E-state index contributed by atoms with van der Waals surface area (Å²) in [6, 6.07) is 1.16. The highest BCUT2D eigenvalue weighted by Gasteiger charge is 2.29. The molecule has 1 aliphatic rings. The predicted octanol–water partition coefficient (Wildman–Crippen LogP) is 4.02. The fourth-order valence-electron chi connectivity index (χ4n) is 4.04. The zero-order valence-electron chi connectivity index (χ0n) is 17.7. The third-order valence-electron chi connectivity index (χ3n) is 5.56. The number of carbonyl (C=O) groups is 1. The van der Waals surface area contributed by atoms with Crippen molar-refractivity contribution >= 4 is 34.7 Å². The molecule has 8 nitrogen and oxygen atoms in total. The van der Waals surface area contributed by atoms with Gasteiger partial charge in [-0.1, -0.05) is 0 Å². The lowest BCUT2D eigenvalue weighted by atomic mass is 9.85. The molecule has 11 heteroatoms. The van der Waals surface area contributed by atoms with Gasteiger partial charge in [-0.05, 0) is 39.5 Å². The van der Waals surface area contributed by atoms with Crippen molar-refractivity contribution in [2.45, 2.75) is 51.6 Å². The van der Waals surface area contributed by atoms with Gasteiger partial charge in [-0.25, -0.2) is 23.1 Å². The topological polar surface area (TPSA) is 111 Å². The fraction of sp³-hybridized carbons (Fsp3) is 0.429. The summed E-state index contributed by atoms with van der Waals surface area (Å²) in [7, 11) is 0. The Balaban J connectivity index is 1.78. The van der Waals surface area contributed by atoms with Crippen molar-refractivity contribution in [1.29, 1.82) is 0 Å². The Morgan fingerprint density at radius 3 is 2.38 bits per heavy atom. The number of benzene rings is 1. The summed E-state index contributed by atoms with van der Waals surface area (Å²) in [5.74, 6) is -3.17. The van der Waals surface area contributed by atoms with Crippen LogP contribution in [0.2, 0.25) is 0 Å². The van der Waals surface area contributed by atoms with Crippen molar-refractivity contribution in [3.63, 3.8) is 0 Å². The molecule has 2 aromatic heterocycles. The third-order valence-corrected chi connectivity index (χ3v) is 5.56. The van der Waals surface area contributed by atoms with Gasteiger partial charge >= 0.3 is 0 Å². The van der Waals surface area contributed by atoms with E-state index in [2.05, 4.69) is 25.6 Å². The highest BCUT2D eigenvalue weighted by Crippen LogP contribution is 2.37. The first-order valence-corrected chi connectivity index (χ1v) is 10.4. The van der Waals surface area contributed by atoms with Crippen LogP contribution in [0.3, 0.4) is 0 Å². The molecule has 0 atom stereocenters. The molecule has 2 heterocycles. The van der Waals surface area contributed by atoms with Crippen LogP contribution in [0.25, 0.3) is 11.2 Å². The SMILES string of the molecule is CC(C)Nc1ncc2nc(Nc3c(F)cc(F)cc3F)n(C3CCC(C(N)=O)CC3)c2n1. The van der Waals surface area contributed by atoms with Crippen LogP contribution < -0.4 is 16.4 Å². The van der Waals surface area contributed by atoms with Crippen LogP contribution in [-0.4, -0.2) is 31.5 Å². The molecule has 4 rings (SSSR count). The molecule has 1 fully saturated rings. The average molecular weight is 447 g/mol. The normalized spacial score (nSPS) is 18.8. The summed E-state index contributed by atoms with van der Waals surface area (Å²) in [6.45, 7) is 3.89. The summed E-state index contributed by atoms with van der Waals surface area (Å²) in [4.78, 5) is 24.8. The molecule has 1 aliphatic carbocycles. The standard InChI is InChI=1S/C21H24F3N7O/c1-10(2)27-20-26-9-16-19(30-20)31(13-5-3-11(4-6-13)18(25)32)21(28-16)29-17-14(23)7-12(22)8-15(17)24/h7-11,13H,3-6H2,1-2H3,(H2,25,32)(H,28,29)(H,26,27,30). The Kier molecular flexibility index (Phi) is 5.90. The lowest BCUT2D eigenvalue weighted by Crippen LogP contribution is -2.29. The number of primary amides is 1. The maximum atomic E-state index is 14.3. The number of amides is 1. The molecule has 4 N–H and O–H groups in total. The van der Waals surface area contributed by atoms with Gasteiger partial charge in [-0.15, -0.1) is 0 Å². The van der Waals surface area contributed by atoms with Gasteiger partial charge in [0.2, 0.25) is 17.8 Å². The lowest BCUT2D eigenvalue weighted by Gasteiger charge is -2.29. The van der Waals surface area contributed by atoms with Gasteiger partial charge < -0.3 is 16.4 Å². The lowest BCUT2D eigenvalue weighted by molar-refractivity contribution is -0.122. The van der Waals surface area contributed by atoms with Crippen molar-refractivity contribution < 1.29 is 18.0 Å². The molecule has 1 saturated carbocycles. The first kappa shape index (κ1) is 21.8. The van der Waals surface area contributed by atoms with E-state index in [0.717, 1.165) is 0 Å². The maximum Gasteiger partial charge on any atom is 0.224 e. The Hall–Kier alpha value is -3.37. The number of rotatable bonds is 6. The molecule has 170 valence electrons. The number of anilines is 3. The highest BCUT2D eigenvalue weighted by atomic mass is 19.1. The van der Waals surface area contributed by atoms with Crippen LogP contribution in [0, 0.1) is 23.4 Å². The second-order valence-electron chi connectivity index (χ2n) is 8.28. The molecule has 0 bridgehead atoms. The summed E-state index contributed by atoms with van der Waals surface area (Å²) in [6.07, 6.45) is 3.92. The van der Waals surface area contributed by atoms with Crippen LogP contribution in [0.4, 0.5) is 30.8 Å². The van der Waals surface area contributed by atoms with Crippen molar-refractivity contribution in [1.82, 2.24) is 19.5 Å². The van der Waals surface area contributed by atoms with Crippen LogP contribution in [0.5, 0.6) is 0 Å². The highest BCUT2D eigenvalue weighted by molar-refractivity contribution is 5.78. The van der Waals surface area contributed by atoms with Crippen molar-refractivity contribution in [2.24, 2.45) is 11.7 Å². The number of fused-ring (bicyclic) bond motifs is 1. The van der Waals surface area contributed by atoms with E-state index in [-0.39, 0.29) is 29.9 Å². The van der Waals surface area contributed by atoms with Crippen LogP contribution in [0.15, 0.2) is 18.3 Å². The van der Waals surface area contributed by atoms with E-state index in [9.17, 15) is 18.0 Å². The second-order valence-corrected chi connectivity index (χ2v) is 8.28. The van der Waals surface area contributed by atoms with Crippen molar-refractivity contribution in [3.05, 3.63) is 35.8 Å². The van der Waals surface area contributed by atoms with Gasteiger partial charge in [-0.2, -0.15) is 4.98 Å². The van der Waals surface area contributed by atoms with E-state index in [4.69, 9.17) is 5.73 Å². The first-order valence-electron chi connectivity index (χ1n) is 10.4. The van der Waals surface area contributed by atoms with Crippen LogP contribution in [-0.2, 0) is 4.79 Å². The minimum Gasteiger partial charge on any atom is -0.369 e. The molecule has 1 amide bonds. The summed E-state index contributed by atoms with van der Waals surface area (Å²) < 4.78 is 43.7. The zero-order valence-corrected chi connectivity index (χ0v) is 17.7. The Morgan fingerprint density at radius 2 is 1.78 bits per heavy atom. The number of hydrogen-bond donors (Lipinski definition) is 3. The molecule has 0 unspecified atom stereocenters. The number of hydrogen-bond acceptors (Lipinski definition) is 6. The molecule has 1 aromatic carbocycles. The monoisotopic (exact) mass is 447 g/mol. The van der Waals surface area contributed by atoms with E-state index in [0.29, 0.717) is 54.9 Å². The number of imidazole rings is 1. The van der Waals surface area contributed by atoms with Crippen molar-refractivity contribution in [3.8, 4) is 0 Å². The number of nitrogens with one attached hydrogen (secondary N) is 2. The third kappa shape index (κ3) is 4.32. The first-order chi connectivity index (χ1) is 15.2. The molecular formula is C21H24F3N7O. The Morgan fingerprint density at radius 1 is 1.12 bits per heavy atom. The zero-order chi connectivity index (χ0) is 23.0. The molecular weight excluding hydrogens is 423 g/mol. The Labute approximate surface area is 182 Å². The van der Waals surface area contributed by atoms with E-state index >= 15 is 0 Å². The predicted molar refractivity (Wildman–Crippen MR) is 114 cm³/mol. The number of halogens is 3. The van der Waals surface area contributed by atoms with Gasteiger partial charge in [0.05, 0.1) is 6.20 Å². The molecule has 32 heavy (non-hydrogen) atoms. The largest absolute Gasteiger partial charge is 0.369 e. The molecule has 0 aliphatic heterocycles. The summed E-state index contributed by atoms with van der Waals surface area (Å²) in [5, 5.41) is 5.80. The number of carbonyl (C=O) groups excluding carboxylic acids is 1. The van der Waals surface area contributed by atoms with Crippen LogP contribution in [0.1, 0.15) is 45.6 Å². The Bertz CT molecular complexity index is 1130. The molecule has 0 spiro atoms. The second kappa shape index (κ2) is 8.64. The van der Waals surface area contributed by atoms with Crippen molar-refractivity contribution in [2.75, 3.05) is 10.6 Å². The van der Waals surface area contributed by atoms with E-state index in [1.807, 2.05) is 13.8 Å². The number of nitrogens with zero attached hydrogens (tertiary/aromatic N) is 4. The average Bonchev–Trinajstić information content (AvgIpc) is 3.07. The number of nitrogens with two attached hydrogens (primary N) is 1. The van der Waals surface area contributed by atoms with E-state index in [1.165, 1.54) is 6.20 Å². The molecule has 3 aromatic rings. The van der Waals surface area contributed by atoms with Gasteiger partial charge in [0.25, 0.3) is 0 Å². The van der Waals surface area contributed by atoms with Crippen LogP contribution >= 0.6 is 0 Å². The van der Waals surface area contributed by atoms with E-state index in [1.54, 1.807) is 4.57 Å². The quantitative estimate of drug-likeness (QED) is 0.526. The van der Waals surface area contributed by atoms with Gasteiger partial charge in [0.1, 0.15) is 17.0 Å². The summed E-state index contributed by atoms with van der Waals surface area (Å²) in [5.41, 5.74) is 5.86.